The summed E-state index contributed by atoms with van der Waals surface area (Å²) < 4.78 is 39.4. The molecular weight excluding hydrogens is 375 g/mol. The van der Waals surface area contributed by atoms with Crippen LogP contribution in [0.1, 0.15) is 0 Å². The van der Waals surface area contributed by atoms with Gasteiger partial charge in [0.2, 0.25) is 5.75 Å². The van der Waals surface area contributed by atoms with Gasteiger partial charge < -0.3 is 4.74 Å². The summed E-state index contributed by atoms with van der Waals surface area (Å²) in [5, 5.41) is 10.7. The number of carbonyl (C=O) groups is 1. The van der Waals surface area contributed by atoms with Crippen LogP contribution < -0.4 is 9.46 Å². The maximum Gasteiger partial charge on any atom is 0.427 e. The van der Waals surface area contributed by atoms with E-state index in [0.717, 1.165) is 6.07 Å². The molecule has 0 heterocycles. The quantitative estimate of drug-likeness (QED) is 0.490. The van der Waals surface area contributed by atoms with Gasteiger partial charge in [0.05, 0.1) is 15.5 Å². The average molecular weight is 378 g/mol. The van der Waals surface area contributed by atoms with Crippen molar-refractivity contribution in [2.45, 2.75) is 0 Å². The summed E-state index contributed by atoms with van der Waals surface area (Å²) in [5.74, 6) is -1.61. The van der Waals surface area contributed by atoms with E-state index in [1.807, 2.05) is 0 Å². The third-order valence-electron chi connectivity index (χ3n) is 1.59. The molecule has 0 unspecified atom stereocenters. The smallest absolute Gasteiger partial charge is 0.401 e. The van der Waals surface area contributed by atoms with Gasteiger partial charge >= 0.3 is 21.0 Å². The van der Waals surface area contributed by atoms with Gasteiger partial charge in [0.25, 0.3) is 0 Å². The van der Waals surface area contributed by atoms with Crippen molar-refractivity contribution >= 4 is 47.6 Å². The number of nitro benzene ring substituents is 1. The van der Waals surface area contributed by atoms with Crippen molar-refractivity contribution in [2.75, 3.05) is 0 Å². The largest absolute Gasteiger partial charge is 0.427 e. The first-order valence-corrected chi connectivity index (χ1v) is 7.28. The van der Waals surface area contributed by atoms with Crippen LogP contribution in [-0.2, 0) is 9.24 Å². The fourth-order valence-corrected chi connectivity index (χ4v) is 1.93. The van der Waals surface area contributed by atoms with Gasteiger partial charge in [-0.1, -0.05) is 0 Å². The second kappa shape index (κ2) is 5.67. The van der Waals surface area contributed by atoms with E-state index in [2.05, 4.69) is 20.7 Å². The Morgan fingerprint density at radius 1 is 1.53 bits per heavy atom. The number of nitro groups is 1. The second-order valence-electron chi connectivity index (χ2n) is 2.92. The highest BCUT2D eigenvalue weighted by Gasteiger charge is 2.24. The highest BCUT2D eigenvalue weighted by molar-refractivity contribution is 9.10. The zero-order valence-electron chi connectivity index (χ0n) is 8.59. The molecule has 1 rings (SSSR count). The first-order valence-electron chi connectivity index (χ1n) is 4.18. The van der Waals surface area contributed by atoms with E-state index in [-0.39, 0.29) is 4.47 Å². The molecule has 19 heavy (non-hydrogen) atoms. The molecule has 0 aliphatic carbocycles. The molecular formula is C7H3BrClFN2O6S. The first-order chi connectivity index (χ1) is 8.60. The third-order valence-corrected chi connectivity index (χ3v) is 2.82. The molecule has 1 N–H and O–H groups in total. The predicted molar refractivity (Wildman–Crippen MR) is 64.7 cm³/mol. The maximum atomic E-state index is 13.0. The highest BCUT2D eigenvalue weighted by Crippen LogP contribution is 2.36. The minimum absolute atomic E-state index is 0.249. The molecule has 0 saturated heterocycles. The molecule has 0 bridgehead atoms. The van der Waals surface area contributed by atoms with Gasteiger partial charge in [-0.15, -0.1) is 0 Å². The molecule has 0 aromatic heterocycles. The SMILES string of the molecule is O=C(NS(=O)(=O)Cl)Oc1c(Br)cc(F)cc1[N+](=O)[O-]. The molecule has 0 radical (unpaired) electrons. The lowest BCUT2D eigenvalue weighted by molar-refractivity contribution is -0.385. The van der Waals surface area contributed by atoms with Crippen LogP contribution in [0.15, 0.2) is 16.6 Å². The molecule has 0 aliphatic rings. The lowest BCUT2D eigenvalue weighted by Gasteiger charge is -2.06. The second-order valence-corrected chi connectivity index (χ2v) is 6.08. The molecule has 0 atom stereocenters. The van der Waals surface area contributed by atoms with Gasteiger partial charge in [0.15, 0.2) is 0 Å². The maximum absolute atomic E-state index is 13.0. The van der Waals surface area contributed by atoms with Gasteiger partial charge in [-0.3, -0.25) is 10.1 Å². The van der Waals surface area contributed by atoms with Gasteiger partial charge in [0.1, 0.15) is 5.82 Å². The van der Waals surface area contributed by atoms with Crippen LogP contribution in [0.25, 0.3) is 0 Å². The van der Waals surface area contributed by atoms with Crippen LogP contribution in [0.2, 0.25) is 0 Å². The Balaban J connectivity index is 3.14. The molecule has 0 fully saturated rings. The molecule has 0 saturated carbocycles. The third kappa shape index (κ3) is 4.61. The van der Waals surface area contributed by atoms with Crippen molar-refractivity contribution in [3.8, 4) is 5.75 Å². The molecule has 12 heteroatoms. The molecule has 0 aliphatic heterocycles. The van der Waals surface area contributed by atoms with Crippen molar-refractivity contribution < 1.29 is 27.3 Å². The van der Waals surface area contributed by atoms with E-state index in [1.54, 1.807) is 0 Å². The number of ether oxygens (including phenoxy) is 1. The lowest BCUT2D eigenvalue weighted by Crippen LogP contribution is -2.29. The molecule has 1 aromatic rings. The lowest BCUT2D eigenvalue weighted by atomic mass is 10.3. The summed E-state index contributed by atoms with van der Waals surface area (Å²) >= 11 is 2.74. The van der Waals surface area contributed by atoms with E-state index in [4.69, 9.17) is 10.7 Å². The number of nitrogens with one attached hydrogen (secondary N) is 1. The fraction of sp³-hybridized carbons (Fsp3) is 0. The topological polar surface area (TPSA) is 116 Å². The van der Waals surface area contributed by atoms with Crippen LogP contribution >= 0.6 is 26.6 Å². The van der Waals surface area contributed by atoms with Crippen molar-refractivity contribution in [1.82, 2.24) is 4.72 Å². The number of hydrogen-bond acceptors (Lipinski definition) is 6. The summed E-state index contributed by atoms with van der Waals surface area (Å²) in [7, 11) is 0.307. The van der Waals surface area contributed by atoms with Crippen LogP contribution in [0, 0.1) is 15.9 Å². The molecule has 1 amide bonds. The fourth-order valence-electron chi connectivity index (χ4n) is 0.996. The van der Waals surface area contributed by atoms with Crippen molar-refractivity contribution in [3.63, 3.8) is 0 Å². The van der Waals surface area contributed by atoms with E-state index in [1.165, 1.54) is 4.72 Å². The first kappa shape index (κ1) is 15.6. The summed E-state index contributed by atoms with van der Waals surface area (Å²) in [4.78, 5) is 20.8. The average Bonchev–Trinajstić information content (AvgIpc) is 2.18. The molecule has 8 nitrogen and oxygen atoms in total. The number of nitrogens with zero attached hydrogens (tertiary/aromatic N) is 1. The Hall–Kier alpha value is -1.46. The molecule has 104 valence electrons. The number of rotatable bonds is 3. The van der Waals surface area contributed by atoms with Crippen LogP contribution in [-0.4, -0.2) is 19.4 Å². The van der Waals surface area contributed by atoms with Crippen LogP contribution in [0.4, 0.5) is 14.9 Å². The number of amides is 1. The van der Waals surface area contributed by atoms with E-state index < -0.39 is 37.5 Å². The zero-order valence-corrected chi connectivity index (χ0v) is 11.8. The van der Waals surface area contributed by atoms with Gasteiger partial charge in [-0.05, 0) is 22.0 Å². The molecule has 1 aromatic carbocycles. The minimum Gasteiger partial charge on any atom is -0.401 e. The van der Waals surface area contributed by atoms with E-state index in [0.29, 0.717) is 6.07 Å². The molecule has 0 spiro atoms. The Morgan fingerprint density at radius 2 is 2.11 bits per heavy atom. The minimum atomic E-state index is -4.41. The van der Waals surface area contributed by atoms with Gasteiger partial charge in [0, 0.05) is 10.7 Å². The van der Waals surface area contributed by atoms with Gasteiger partial charge in [-0.25, -0.2) is 13.9 Å². The number of hydrogen-bond donors (Lipinski definition) is 1. The van der Waals surface area contributed by atoms with Gasteiger partial charge in [-0.2, -0.15) is 8.42 Å². The van der Waals surface area contributed by atoms with Crippen molar-refractivity contribution in [2.24, 2.45) is 0 Å². The Kier molecular flexibility index (Phi) is 4.66. The Morgan fingerprint density at radius 3 is 2.58 bits per heavy atom. The monoisotopic (exact) mass is 376 g/mol. The summed E-state index contributed by atoms with van der Waals surface area (Å²) in [6.07, 6.45) is -1.58. The number of carbonyl (C=O) groups excluding carboxylic acids is 1. The summed E-state index contributed by atoms with van der Waals surface area (Å²) in [6.45, 7) is 0. The standard InChI is InChI=1S/C7H3BrClFN2O6S/c8-4-1-3(10)2-5(12(14)15)6(4)18-7(13)11-19(9,16)17/h1-2H,(H,11,13). The number of benzene rings is 1. The summed E-state index contributed by atoms with van der Waals surface area (Å²) in [5.41, 5.74) is -0.867. The van der Waals surface area contributed by atoms with Crippen LogP contribution in [0.3, 0.4) is 0 Å². The van der Waals surface area contributed by atoms with Crippen LogP contribution in [0.5, 0.6) is 5.75 Å². The number of halogens is 3. The highest BCUT2D eigenvalue weighted by atomic mass is 79.9. The summed E-state index contributed by atoms with van der Waals surface area (Å²) in [6, 6.07) is 1.30. The van der Waals surface area contributed by atoms with Crippen molar-refractivity contribution in [1.29, 1.82) is 0 Å². The Labute approximate surface area is 118 Å². The van der Waals surface area contributed by atoms with E-state index >= 15 is 0 Å². The predicted octanol–water partition coefficient (Wildman–Crippen LogP) is 2.07. The van der Waals surface area contributed by atoms with Crippen molar-refractivity contribution in [3.05, 3.63) is 32.5 Å². The zero-order chi connectivity index (χ0) is 14.8. The normalized spacial score (nSPS) is 10.9. The van der Waals surface area contributed by atoms with E-state index in [9.17, 15) is 27.7 Å². The Bertz CT molecular complexity index is 651.